The van der Waals surface area contributed by atoms with Crippen LogP contribution in [0.3, 0.4) is 0 Å². The molecule has 3 fully saturated rings. The van der Waals surface area contributed by atoms with Crippen molar-refractivity contribution in [2.75, 3.05) is 0 Å². The Morgan fingerprint density at radius 3 is 2.87 bits per heavy atom. The van der Waals surface area contributed by atoms with Gasteiger partial charge in [-0.05, 0) is 6.07 Å². The van der Waals surface area contributed by atoms with Crippen LogP contribution in [-0.4, -0.2) is 38.8 Å². The second kappa shape index (κ2) is 4.71. The summed E-state index contributed by atoms with van der Waals surface area (Å²) in [6.45, 7) is 1.21. The van der Waals surface area contributed by atoms with Gasteiger partial charge in [-0.2, -0.15) is 0 Å². The molecule has 10 heteroatoms. The third kappa shape index (κ3) is 1.78. The van der Waals surface area contributed by atoms with Crippen LogP contribution in [0.2, 0.25) is 5.02 Å². The molecule has 2 unspecified atom stereocenters. The fraction of sp³-hybridized carbons (Fsp3) is 0.308. The van der Waals surface area contributed by atoms with E-state index < -0.39 is 34.1 Å². The number of benzene rings is 1. The number of rotatable bonds is 0. The fourth-order valence-electron chi connectivity index (χ4n) is 2.96. The zero-order valence-electron chi connectivity index (χ0n) is 11.5. The molecule has 3 saturated heterocycles. The molecule has 0 radical (unpaired) electrons. The first-order valence-electron chi connectivity index (χ1n) is 6.55. The molecule has 4 heterocycles. The average Bonchev–Trinajstić information content (AvgIpc) is 2.60. The molecule has 3 atom stereocenters. The van der Waals surface area contributed by atoms with Gasteiger partial charge in [-0.1, -0.05) is 33.2 Å². The molecular weight excluding hydrogens is 364 g/mol. The van der Waals surface area contributed by atoms with Crippen molar-refractivity contribution in [3.8, 4) is 11.5 Å². The zero-order valence-corrected chi connectivity index (χ0v) is 13.9. The number of phenolic OH excluding ortho intramolecular Hbond substituents is 1. The number of amides is 3. The highest BCUT2D eigenvalue weighted by molar-refractivity contribution is 8.77. The van der Waals surface area contributed by atoms with E-state index in [0.29, 0.717) is 5.56 Å². The smallest absolute Gasteiger partial charge is 0.289 e. The number of nitrogens with zero attached hydrogens (tertiary/aromatic N) is 1. The summed E-state index contributed by atoms with van der Waals surface area (Å²) in [7, 11) is 2.42. The second-order valence-corrected chi connectivity index (χ2v) is 8.15. The number of carbonyl (C=O) groups is 3. The Kier molecular flexibility index (Phi) is 3.07. The van der Waals surface area contributed by atoms with Crippen molar-refractivity contribution >= 4 is 50.9 Å². The Morgan fingerprint density at radius 1 is 1.43 bits per heavy atom. The van der Waals surface area contributed by atoms with Gasteiger partial charge in [0.1, 0.15) is 16.7 Å². The number of hydrogen-bond donors (Lipinski definition) is 2. The van der Waals surface area contributed by atoms with Gasteiger partial charge in [0.15, 0.2) is 5.37 Å². The highest BCUT2D eigenvalue weighted by Crippen LogP contribution is 2.61. The Bertz CT molecular complexity index is 788. The van der Waals surface area contributed by atoms with E-state index in [1.165, 1.54) is 29.9 Å². The van der Waals surface area contributed by atoms with E-state index in [4.69, 9.17) is 16.3 Å². The molecule has 1 aromatic carbocycles. The maximum atomic E-state index is 12.7. The zero-order chi connectivity index (χ0) is 16.5. The maximum Gasteiger partial charge on any atom is 0.289 e. The predicted molar refractivity (Wildman–Crippen MR) is 83.9 cm³/mol. The minimum Gasteiger partial charge on any atom is -0.506 e. The van der Waals surface area contributed by atoms with E-state index in [-0.39, 0.29) is 16.5 Å². The number of nitrogens with one attached hydrogen (secondary N) is 1. The van der Waals surface area contributed by atoms with E-state index in [9.17, 15) is 19.5 Å². The van der Waals surface area contributed by atoms with Gasteiger partial charge in [-0.3, -0.25) is 14.4 Å². The Hall–Kier alpha value is -1.58. The SMILES string of the molecule is CC(=O)N1C(=O)C2NC(=O)C13Oc1cc(O)c(Cl)cc1[C@@H]3SS2. The molecule has 5 rings (SSSR count). The molecule has 3 amide bonds. The van der Waals surface area contributed by atoms with Crippen LogP contribution in [0.1, 0.15) is 17.7 Å². The lowest BCUT2D eigenvalue weighted by molar-refractivity contribution is -0.179. The van der Waals surface area contributed by atoms with Crippen molar-refractivity contribution in [1.29, 1.82) is 0 Å². The van der Waals surface area contributed by atoms with Crippen molar-refractivity contribution in [1.82, 2.24) is 10.2 Å². The number of fused-ring (bicyclic) bond motifs is 4. The molecule has 4 aliphatic rings. The van der Waals surface area contributed by atoms with Crippen LogP contribution in [0.4, 0.5) is 0 Å². The van der Waals surface area contributed by atoms with Crippen LogP contribution in [0.15, 0.2) is 12.1 Å². The summed E-state index contributed by atoms with van der Waals surface area (Å²) >= 11 is 5.96. The minimum atomic E-state index is -1.80. The first kappa shape index (κ1) is 15.0. The molecule has 0 aliphatic carbocycles. The number of ether oxygens (including phenoxy) is 1. The average molecular weight is 373 g/mol. The highest BCUT2D eigenvalue weighted by atomic mass is 35.5. The summed E-state index contributed by atoms with van der Waals surface area (Å²) < 4.78 is 5.78. The number of piperazine rings is 1. The molecule has 120 valence electrons. The monoisotopic (exact) mass is 372 g/mol. The van der Waals surface area contributed by atoms with Crippen molar-refractivity contribution < 1.29 is 24.2 Å². The van der Waals surface area contributed by atoms with Gasteiger partial charge in [-0.25, -0.2) is 4.90 Å². The van der Waals surface area contributed by atoms with E-state index in [1.807, 2.05) is 0 Å². The van der Waals surface area contributed by atoms with Crippen LogP contribution in [-0.2, 0) is 14.4 Å². The van der Waals surface area contributed by atoms with Gasteiger partial charge < -0.3 is 15.2 Å². The molecule has 1 aromatic rings. The lowest BCUT2D eigenvalue weighted by atomic mass is 9.99. The first-order chi connectivity index (χ1) is 10.9. The topological polar surface area (TPSA) is 95.9 Å². The van der Waals surface area contributed by atoms with Crippen LogP contribution in [0, 0.1) is 0 Å². The van der Waals surface area contributed by atoms with Crippen LogP contribution >= 0.6 is 33.2 Å². The van der Waals surface area contributed by atoms with E-state index in [2.05, 4.69) is 5.32 Å². The summed E-state index contributed by atoms with van der Waals surface area (Å²) in [6, 6.07) is 2.78. The standard InChI is InChI=1S/C13H9ClN2O5S2/c1-4(17)16-11(19)10-15-12(20)13(16)9(22-23-10)5-2-6(14)7(18)3-8(5)21-13/h2-3,9-10,18H,1H3,(H,15,20)/t9-,10?,13?/m0/s1. The van der Waals surface area contributed by atoms with Gasteiger partial charge in [0.2, 0.25) is 5.91 Å². The van der Waals surface area contributed by atoms with Gasteiger partial charge >= 0.3 is 0 Å². The normalized spacial score (nSPS) is 31.1. The fourth-order valence-corrected chi connectivity index (χ4v) is 6.14. The van der Waals surface area contributed by atoms with Crippen LogP contribution in [0.25, 0.3) is 0 Å². The largest absolute Gasteiger partial charge is 0.506 e. The van der Waals surface area contributed by atoms with E-state index in [0.717, 1.165) is 15.7 Å². The van der Waals surface area contributed by atoms with E-state index >= 15 is 0 Å². The molecule has 4 aliphatic heterocycles. The van der Waals surface area contributed by atoms with Crippen molar-refractivity contribution in [3.05, 3.63) is 22.7 Å². The molecule has 2 N–H and O–H groups in total. The quantitative estimate of drug-likeness (QED) is 0.664. The number of aromatic hydroxyl groups is 1. The first-order valence-corrected chi connectivity index (χ1v) is 9.21. The lowest BCUT2D eigenvalue weighted by Gasteiger charge is -2.41. The van der Waals surface area contributed by atoms with Gasteiger partial charge in [0.25, 0.3) is 17.5 Å². The van der Waals surface area contributed by atoms with Gasteiger partial charge in [0.05, 0.1) is 5.02 Å². The summed E-state index contributed by atoms with van der Waals surface area (Å²) in [5, 5.41) is 11.0. The lowest BCUT2D eigenvalue weighted by Crippen LogP contribution is -2.72. The molecule has 0 saturated carbocycles. The molecule has 0 aromatic heterocycles. The van der Waals surface area contributed by atoms with Crippen molar-refractivity contribution in [2.45, 2.75) is 23.3 Å². The number of hydrogen-bond acceptors (Lipinski definition) is 7. The highest BCUT2D eigenvalue weighted by Gasteiger charge is 2.68. The Morgan fingerprint density at radius 2 is 2.17 bits per heavy atom. The molecule has 2 bridgehead atoms. The van der Waals surface area contributed by atoms with Crippen LogP contribution in [0.5, 0.6) is 11.5 Å². The Labute approximate surface area is 143 Å². The predicted octanol–water partition coefficient (Wildman–Crippen LogP) is 1.40. The third-order valence-corrected chi connectivity index (χ3v) is 7.09. The van der Waals surface area contributed by atoms with Crippen LogP contribution < -0.4 is 10.1 Å². The summed E-state index contributed by atoms with van der Waals surface area (Å²) in [6.07, 6.45) is 0. The Balaban J connectivity index is 1.97. The van der Waals surface area contributed by atoms with Crippen molar-refractivity contribution in [2.24, 2.45) is 0 Å². The van der Waals surface area contributed by atoms with E-state index in [1.54, 1.807) is 0 Å². The number of carbonyl (C=O) groups excluding carboxylic acids is 3. The minimum absolute atomic E-state index is 0.106. The van der Waals surface area contributed by atoms with Gasteiger partial charge in [-0.15, -0.1) is 0 Å². The third-order valence-electron chi connectivity index (χ3n) is 3.91. The van der Waals surface area contributed by atoms with Crippen molar-refractivity contribution in [3.63, 3.8) is 0 Å². The number of halogens is 1. The molecule has 23 heavy (non-hydrogen) atoms. The summed E-state index contributed by atoms with van der Waals surface area (Å²) in [4.78, 5) is 38.1. The summed E-state index contributed by atoms with van der Waals surface area (Å²) in [5.74, 6) is -1.65. The second-order valence-electron chi connectivity index (χ2n) is 5.26. The number of phenols is 1. The number of imide groups is 1. The molecule has 1 spiro atoms. The summed E-state index contributed by atoms with van der Waals surface area (Å²) in [5.41, 5.74) is -1.24. The van der Waals surface area contributed by atoms with Gasteiger partial charge in [0, 0.05) is 18.6 Å². The molecular formula is C13H9ClN2O5S2. The molecule has 7 nitrogen and oxygen atoms in total. The maximum absolute atomic E-state index is 12.7.